The maximum Gasteiger partial charge on any atom is 0.223 e. The monoisotopic (exact) mass is 331 g/mol. The molecule has 1 aliphatic rings. The third-order valence-corrected chi connectivity index (χ3v) is 4.41. The Morgan fingerprint density at radius 3 is 2.88 bits per heavy atom. The Morgan fingerprint density at radius 2 is 2.17 bits per heavy atom. The highest BCUT2D eigenvalue weighted by Gasteiger charge is 2.18. The van der Waals surface area contributed by atoms with Crippen LogP contribution >= 0.6 is 0 Å². The number of aliphatic hydroxyl groups is 1. The Hall–Kier alpha value is -1.92. The van der Waals surface area contributed by atoms with Gasteiger partial charge in [0.15, 0.2) is 0 Å². The van der Waals surface area contributed by atoms with E-state index in [0.717, 1.165) is 24.6 Å². The number of nitrogens with zero attached hydrogens (tertiary/aromatic N) is 3. The van der Waals surface area contributed by atoms with Crippen LogP contribution in [0.3, 0.4) is 0 Å². The van der Waals surface area contributed by atoms with Crippen molar-refractivity contribution in [2.75, 3.05) is 26.2 Å². The van der Waals surface area contributed by atoms with Crippen LogP contribution < -0.4 is 4.74 Å². The minimum absolute atomic E-state index is 0.279. The van der Waals surface area contributed by atoms with Gasteiger partial charge in [-0.1, -0.05) is 24.2 Å². The van der Waals surface area contributed by atoms with Gasteiger partial charge >= 0.3 is 0 Å². The maximum atomic E-state index is 10.2. The van der Waals surface area contributed by atoms with Crippen molar-refractivity contribution in [1.29, 1.82) is 0 Å². The predicted octanol–water partition coefficient (Wildman–Crippen LogP) is 2.52. The van der Waals surface area contributed by atoms with Gasteiger partial charge in [0, 0.05) is 19.0 Å². The molecule has 6 heteroatoms. The summed E-state index contributed by atoms with van der Waals surface area (Å²) < 4.78 is 10.7. The van der Waals surface area contributed by atoms with Crippen LogP contribution in [-0.2, 0) is 0 Å². The molecule has 1 fully saturated rings. The van der Waals surface area contributed by atoms with Crippen LogP contribution in [0.25, 0.3) is 11.4 Å². The van der Waals surface area contributed by atoms with E-state index in [1.807, 2.05) is 24.3 Å². The van der Waals surface area contributed by atoms with Crippen LogP contribution in [0, 0.1) is 12.8 Å². The summed E-state index contributed by atoms with van der Waals surface area (Å²) in [5.74, 6) is 2.57. The van der Waals surface area contributed by atoms with E-state index in [0.29, 0.717) is 24.0 Å². The lowest BCUT2D eigenvalue weighted by Crippen LogP contribution is -2.40. The highest BCUT2D eigenvalue weighted by atomic mass is 16.5. The first-order valence-electron chi connectivity index (χ1n) is 8.54. The third-order valence-electron chi connectivity index (χ3n) is 4.41. The number of aryl methyl sites for hydroxylation is 1. The Kier molecular flexibility index (Phi) is 5.48. The van der Waals surface area contributed by atoms with Gasteiger partial charge in [0.05, 0.1) is 0 Å². The summed E-state index contributed by atoms with van der Waals surface area (Å²) in [6.45, 7) is 7.11. The number of ether oxygens (including phenoxy) is 1. The summed E-state index contributed by atoms with van der Waals surface area (Å²) in [5, 5.41) is 14.1. The molecule has 0 amide bonds. The molecule has 0 radical (unpaired) electrons. The van der Waals surface area contributed by atoms with E-state index in [4.69, 9.17) is 9.26 Å². The van der Waals surface area contributed by atoms with Crippen molar-refractivity contribution in [1.82, 2.24) is 15.0 Å². The number of rotatable bonds is 6. The van der Waals surface area contributed by atoms with Crippen LogP contribution in [0.2, 0.25) is 0 Å². The van der Waals surface area contributed by atoms with Crippen LogP contribution in [0.15, 0.2) is 28.8 Å². The molecule has 3 rings (SSSR count). The van der Waals surface area contributed by atoms with Crippen LogP contribution in [-0.4, -0.2) is 52.5 Å². The van der Waals surface area contributed by atoms with E-state index in [1.165, 1.54) is 12.8 Å². The average Bonchev–Trinajstić information content (AvgIpc) is 3.02. The summed E-state index contributed by atoms with van der Waals surface area (Å²) in [4.78, 5) is 6.52. The highest BCUT2D eigenvalue weighted by molar-refractivity contribution is 5.56. The minimum Gasteiger partial charge on any atom is -0.491 e. The normalized spacial score (nSPS) is 17.8. The highest BCUT2D eigenvalue weighted by Crippen LogP contribution is 2.22. The number of β-amino-alcohol motifs (C(OH)–C–C–N with tert-alkyl or cyclic N) is 1. The van der Waals surface area contributed by atoms with Crippen molar-refractivity contribution in [3.05, 3.63) is 30.2 Å². The van der Waals surface area contributed by atoms with Gasteiger partial charge in [-0.05, 0) is 44.0 Å². The van der Waals surface area contributed by atoms with Crippen molar-refractivity contribution in [3.63, 3.8) is 0 Å². The first kappa shape index (κ1) is 16.9. The van der Waals surface area contributed by atoms with E-state index in [9.17, 15) is 5.11 Å². The molecule has 24 heavy (non-hydrogen) atoms. The van der Waals surface area contributed by atoms with Gasteiger partial charge in [-0.3, -0.25) is 0 Å². The molecule has 1 aromatic carbocycles. The second-order valence-corrected chi connectivity index (χ2v) is 6.61. The predicted molar refractivity (Wildman–Crippen MR) is 90.8 cm³/mol. The van der Waals surface area contributed by atoms with E-state index in [2.05, 4.69) is 22.0 Å². The van der Waals surface area contributed by atoms with Gasteiger partial charge in [-0.2, -0.15) is 4.98 Å². The summed E-state index contributed by atoms with van der Waals surface area (Å²) in [6.07, 6.45) is 1.92. The number of hydrogen-bond acceptors (Lipinski definition) is 6. The van der Waals surface area contributed by atoms with Gasteiger partial charge in [-0.15, -0.1) is 0 Å². The standard InChI is InChI=1S/C18H25N3O3/c1-13-6-8-21(9-7-13)11-16(22)12-23-17-5-3-4-15(10-17)18-19-14(2)24-20-18/h3-5,10,13,16,22H,6-9,11-12H2,1-2H3/t16-/m0/s1. The lowest BCUT2D eigenvalue weighted by Gasteiger charge is -2.31. The summed E-state index contributed by atoms with van der Waals surface area (Å²) in [5.41, 5.74) is 0.837. The first-order chi connectivity index (χ1) is 11.6. The topological polar surface area (TPSA) is 71.6 Å². The van der Waals surface area contributed by atoms with Gasteiger partial charge in [0.2, 0.25) is 11.7 Å². The third kappa shape index (κ3) is 4.55. The molecule has 0 spiro atoms. The lowest BCUT2D eigenvalue weighted by molar-refractivity contribution is 0.0563. The Labute approximate surface area is 142 Å². The molecule has 0 saturated carbocycles. The quantitative estimate of drug-likeness (QED) is 0.877. The SMILES string of the molecule is Cc1nc(-c2cccc(OC[C@@H](O)CN3CCC(C)CC3)c2)no1. The zero-order valence-electron chi connectivity index (χ0n) is 14.3. The van der Waals surface area contributed by atoms with E-state index >= 15 is 0 Å². The number of aliphatic hydroxyl groups excluding tert-OH is 1. The first-order valence-corrected chi connectivity index (χ1v) is 8.54. The van der Waals surface area contributed by atoms with E-state index in [-0.39, 0.29) is 6.61 Å². The molecular formula is C18H25N3O3. The second-order valence-electron chi connectivity index (χ2n) is 6.61. The molecule has 1 N–H and O–H groups in total. The van der Waals surface area contributed by atoms with Crippen molar-refractivity contribution in [3.8, 4) is 17.1 Å². The molecule has 2 aromatic rings. The van der Waals surface area contributed by atoms with Crippen LogP contribution in [0.4, 0.5) is 0 Å². The second kappa shape index (κ2) is 7.77. The van der Waals surface area contributed by atoms with Crippen molar-refractivity contribution >= 4 is 0 Å². The molecule has 1 aliphatic heterocycles. The fraction of sp³-hybridized carbons (Fsp3) is 0.556. The smallest absolute Gasteiger partial charge is 0.223 e. The van der Waals surface area contributed by atoms with Crippen LogP contribution in [0.5, 0.6) is 5.75 Å². The van der Waals surface area contributed by atoms with Crippen molar-refractivity contribution in [2.24, 2.45) is 5.92 Å². The van der Waals surface area contributed by atoms with E-state index < -0.39 is 6.10 Å². The fourth-order valence-corrected chi connectivity index (χ4v) is 2.93. The number of likely N-dealkylation sites (tertiary alicyclic amines) is 1. The molecular weight excluding hydrogens is 306 g/mol. The number of piperidine rings is 1. The van der Waals surface area contributed by atoms with Crippen molar-refractivity contribution in [2.45, 2.75) is 32.8 Å². The molecule has 1 aromatic heterocycles. The summed E-state index contributed by atoms with van der Waals surface area (Å²) in [6, 6.07) is 7.52. The molecule has 0 unspecified atom stereocenters. The Morgan fingerprint density at radius 1 is 1.38 bits per heavy atom. The molecule has 1 saturated heterocycles. The minimum atomic E-state index is -0.491. The Balaban J connectivity index is 1.51. The van der Waals surface area contributed by atoms with Crippen LogP contribution in [0.1, 0.15) is 25.7 Å². The lowest BCUT2D eigenvalue weighted by atomic mass is 9.99. The molecule has 6 nitrogen and oxygen atoms in total. The number of benzene rings is 1. The van der Waals surface area contributed by atoms with Gasteiger partial charge in [0.1, 0.15) is 18.5 Å². The van der Waals surface area contributed by atoms with Gasteiger partial charge in [0.25, 0.3) is 0 Å². The average molecular weight is 331 g/mol. The molecule has 130 valence electrons. The number of hydrogen-bond donors (Lipinski definition) is 1. The van der Waals surface area contributed by atoms with E-state index in [1.54, 1.807) is 6.92 Å². The van der Waals surface area contributed by atoms with Gasteiger partial charge in [-0.25, -0.2) is 0 Å². The molecule has 0 bridgehead atoms. The zero-order valence-corrected chi connectivity index (χ0v) is 14.3. The molecule has 0 aliphatic carbocycles. The maximum absolute atomic E-state index is 10.2. The summed E-state index contributed by atoms with van der Waals surface area (Å²) in [7, 11) is 0. The van der Waals surface area contributed by atoms with Crippen molar-refractivity contribution < 1.29 is 14.4 Å². The molecule has 2 heterocycles. The molecule has 1 atom stereocenters. The fourth-order valence-electron chi connectivity index (χ4n) is 2.93. The summed E-state index contributed by atoms with van der Waals surface area (Å²) >= 11 is 0. The Bertz CT molecular complexity index is 650. The zero-order chi connectivity index (χ0) is 16.9. The number of aromatic nitrogens is 2. The van der Waals surface area contributed by atoms with Gasteiger partial charge < -0.3 is 19.3 Å². The largest absolute Gasteiger partial charge is 0.491 e.